The third-order valence-electron chi connectivity index (χ3n) is 5.80. The molecular weight excluding hydrogens is 385 g/mol. The molecule has 1 amide bonds. The Labute approximate surface area is 167 Å². The zero-order valence-electron chi connectivity index (χ0n) is 16.0. The molecule has 1 spiro atoms. The van der Waals surface area contributed by atoms with Crippen LogP contribution < -0.4 is 4.74 Å². The molecule has 8 heteroatoms. The fourth-order valence-corrected chi connectivity index (χ4v) is 4.51. The van der Waals surface area contributed by atoms with E-state index in [1.807, 2.05) is 4.90 Å². The van der Waals surface area contributed by atoms with Crippen molar-refractivity contribution in [1.82, 2.24) is 9.80 Å². The molecule has 2 aliphatic heterocycles. The van der Waals surface area contributed by atoms with Gasteiger partial charge in [0.15, 0.2) is 0 Å². The van der Waals surface area contributed by atoms with Crippen LogP contribution in [0.1, 0.15) is 35.2 Å². The van der Waals surface area contributed by atoms with Crippen LogP contribution in [0.25, 0.3) is 0 Å². The van der Waals surface area contributed by atoms with Crippen LogP contribution in [-0.4, -0.2) is 48.2 Å². The first-order valence-corrected chi connectivity index (χ1v) is 9.71. The molecule has 3 heterocycles. The second-order valence-electron chi connectivity index (χ2n) is 7.99. The Kier molecular flexibility index (Phi) is 5.29. The van der Waals surface area contributed by atoms with Gasteiger partial charge in [-0.05, 0) is 49.6 Å². The zero-order chi connectivity index (χ0) is 20.5. The Bertz CT molecular complexity index is 836. The summed E-state index contributed by atoms with van der Waals surface area (Å²) in [5.74, 6) is -0.200. The minimum atomic E-state index is -4.68. The summed E-state index contributed by atoms with van der Waals surface area (Å²) in [6.07, 6.45) is 1.40. The number of nitrogens with zero attached hydrogens (tertiary/aromatic N) is 2. The third-order valence-corrected chi connectivity index (χ3v) is 5.80. The molecule has 2 aromatic rings. The maximum absolute atomic E-state index is 12.6. The number of hydrogen-bond acceptors (Lipinski definition) is 4. The van der Waals surface area contributed by atoms with Gasteiger partial charge in [0, 0.05) is 31.6 Å². The van der Waals surface area contributed by atoms with Crippen molar-refractivity contribution in [1.29, 1.82) is 0 Å². The number of carbonyl (C=O) groups excluding carboxylic acids is 1. The van der Waals surface area contributed by atoms with Crippen LogP contribution in [0.15, 0.2) is 47.3 Å². The quantitative estimate of drug-likeness (QED) is 0.757. The monoisotopic (exact) mass is 408 g/mol. The number of likely N-dealkylation sites (tertiary alicyclic amines) is 2. The summed E-state index contributed by atoms with van der Waals surface area (Å²) in [6.45, 7) is 3.96. The molecule has 0 radical (unpaired) electrons. The Hall–Kier alpha value is -2.48. The molecule has 1 aromatic heterocycles. The van der Waals surface area contributed by atoms with E-state index in [2.05, 4.69) is 9.64 Å². The summed E-state index contributed by atoms with van der Waals surface area (Å²) in [5, 5.41) is 0. The lowest BCUT2D eigenvalue weighted by Gasteiger charge is -2.40. The SMILES string of the molecule is O=C(c1ccoc1)N1CCC2(CCCN(Cc3ccc(OC(F)(F)F)cc3)C2)C1. The Balaban J connectivity index is 1.36. The minimum absolute atomic E-state index is 0.00741. The number of halogens is 3. The molecule has 2 fully saturated rings. The van der Waals surface area contributed by atoms with Gasteiger partial charge in [0.05, 0.1) is 11.8 Å². The highest BCUT2D eigenvalue weighted by atomic mass is 19.4. The normalized spacial score (nSPS) is 22.9. The third kappa shape index (κ3) is 4.75. The molecule has 4 rings (SSSR count). The smallest absolute Gasteiger partial charge is 0.472 e. The van der Waals surface area contributed by atoms with Gasteiger partial charge in [-0.3, -0.25) is 9.69 Å². The van der Waals surface area contributed by atoms with E-state index in [1.165, 1.54) is 24.7 Å². The number of rotatable bonds is 4. The van der Waals surface area contributed by atoms with Crippen molar-refractivity contribution in [3.8, 4) is 5.75 Å². The molecule has 156 valence electrons. The number of amides is 1. The van der Waals surface area contributed by atoms with Gasteiger partial charge in [-0.25, -0.2) is 0 Å². The molecule has 0 saturated carbocycles. The van der Waals surface area contributed by atoms with E-state index in [0.29, 0.717) is 12.1 Å². The summed E-state index contributed by atoms with van der Waals surface area (Å²) >= 11 is 0. The second-order valence-corrected chi connectivity index (χ2v) is 7.99. The maximum atomic E-state index is 12.6. The number of alkyl halides is 3. The molecule has 0 aliphatic carbocycles. The van der Waals surface area contributed by atoms with Gasteiger partial charge in [-0.15, -0.1) is 13.2 Å². The average Bonchev–Trinajstić information content (AvgIpc) is 3.33. The van der Waals surface area contributed by atoms with Crippen molar-refractivity contribution in [3.05, 3.63) is 54.0 Å². The number of carbonyl (C=O) groups is 1. The van der Waals surface area contributed by atoms with E-state index in [1.54, 1.807) is 18.2 Å². The van der Waals surface area contributed by atoms with Crippen molar-refractivity contribution in [2.75, 3.05) is 26.2 Å². The Morgan fingerprint density at radius 3 is 2.59 bits per heavy atom. The van der Waals surface area contributed by atoms with Gasteiger partial charge < -0.3 is 14.1 Å². The van der Waals surface area contributed by atoms with Gasteiger partial charge >= 0.3 is 6.36 Å². The molecule has 1 atom stereocenters. The molecule has 1 aromatic carbocycles. The second kappa shape index (κ2) is 7.74. The van der Waals surface area contributed by atoms with Gasteiger partial charge in [0.1, 0.15) is 12.0 Å². The summed E-state index contributed by atoms with van der Waals surface area (Å²) in [6, 6.07) is 7.73. The minimum Gasteiger partial charge on any atom is -0.472 e. The van der Waals surface area contributed by atoms with Crippen LogP contribution in [0.2, 0.25) is 0 Å². The highest BCUT2D eigenvalue weighted by Gasteiger charge is 2.43. The number of piperidine rings is 1. The molecule has 1 unspecified atom stereocenters. The van der Waals surface area contributed by atoms with E-state index in [9.17, 15) is 18.0 Å². The van der Waals surface area contributed by atoms with Crippen LogP contribution in [0.5, 0.6) is 5.75 Å². The van der Waals surface area contributed by atoms with Crippen LogP contribution in [0.3, 0.4) is 0 Å². The van der Waals surface area contributed by atoms with Crippen molar-refractivity contribution in [2.45, 2.75) is 32.2 Å². The zero-order valence-corrected chi connectivity index (χ0v) is 16.0. The average molecular weight is 408 g/mol. The molecule has 29 heavy (non-hydrogen) atoms. The van der Waals surface area contributed by atoms with Crippen LogP contribution in [0.4, 0.5) is 13.2 Å². The highest BCUT2D eigenvalue weighted by Crippen LogP contribution is 2.40. The lowest BCUT2D eigenvalue weighted by Crippen LogP contribution is -2.45. The Morgan fingerprint density at radius 1 is 1.10 bits per heavy atom. The fraction of sp³-hybridized carbons (Fsp3) is 0.476. The van der Waals surface area contributed by atoms with E-state index >= 15 is 0 Å². The highest BCUT2D eigenvalue weighted by molar-refractivity contribution is 5.94. The first kappa shape index (κ1) is 19.8. The van der Waals surface area contributed by atoms with Crippen LogP contribution in [0, 0.1) is 5.41 Å². The van der Waals surface area contributed by atoms with Crippen LogP contribution >= 0.6 is 0 Å². The van der Waals surface area contributed by atoms with Gasteiger partial charge in [-0.2, -0.15) is 0 Å². The summed E-state index contributed by atoms with van der Waals surface area (Å²) < 4.78 is 45.8. The van der Waals surface area contributed by atoms with Gasteiger partial charge in [-0.1, -0.05) is 12.1 Å². The molecule has 0 bridgehead atoms. The largest absolute Gasteiger partial charge is 0.573 e. The Morgan fingerprint density at radius 2 is 1.90 bits per heavy atom. The standard InChI is InChI=1S/C21H23F3N2O3/c22-21(23,24)29-18-4-2-16(3-5-18)12-25-9-1-7-20(14-25)8-10-26(15-20)19(27)17-6-11-28-13-17/h2-6,11,13H,1,7-10,12,14-15H2. The van der Waals surface area contributed by atoms with Crippen molar-refractivity contribution in [3.63, 3.8) is 0 Å². The first-order valence-electron chi connectivity index (χ1n) is 9.71. The van der Waals surface area contributed by atoms with E-state index < -0.39 is 6.36 Å². The molecule has 2 aliphatic rings. The lowest BCUT2D eigenvalue weighted by molar-refractivity contribution is -0.274. The number of ether oxygens (including phenoxy) is 1. The molecular formula is C21H23F3N2O3. The van der Waals surface area contributed by atoms with E-state index in [4.69, 9.17) is 4.42 Å². The summed E-state index contributed by atoms with van der Waals surface area (Å²) in [4.78, 5) is 16.8. The first-order chi connectivity index (χ1) is 13.8. The molecule has 5 nitrogen and oxygen atoms in total. The maximum Gasteiger partial charge on any atom is 0.573 e. The number of benzene rings is 1. The predicted molar refractivity (Wildman–Crippen MR) is 99.3 cm³/mol. The number of hydrogen-bond donors (Lipinski definition) is 0. The summed E-state index contributed by atoms with van der Waals surface area (Å²) in [5.41, 5.74) is 1.61. The van der Waals surface area contributed by atoms with Gasteiger partial charge in [0.2, 0.25) is 0 Å². The van der Waals surface area contributed by atoms with Crippen molar-refractivity contribution in [2.24, 2.45) is 5.41 Å². The lowest BCUT2D eigenvalue weighted by atomic mass is 9.79. The summed E-state index contributed by atoms with van der Waals surface area (Å²) in [7, 11) is 0. The van der Waals surface area contributed by atoms with Crippen molar-refractivity contribution < 1.29 is 27.1 Å². The topological polar surface area (TPSA) is 45.9 Å². The van der Waals surface area contributed by atoms with Crippen LogP contribution in [-0.2, 0) is 6.54 Å². The van der Waals surface area contributed by atoms with Crippen molar-refractivity contribution >= 4 is 5.91 Å². The van der Waals surface area contributed by atoms with E-state index in [-0.39, 0.29) is 17.1 Å². The number of furan rings is 1. The predicted octanol–water partition coefficient (Wildman–Crippen LogP) is 4.31. The fourth-order valence-electron chi connectivity index (χ4n) is 4.51. The molecule has 2 saturated heterocycles. The van der Waals surface area contributed by atoms with E-state index in [0.717, 1.165) is 51.0 Å². The molecule has 0 N–H and O–H groups in total. The van der Waals surface area contributed by atoms with Gasteiger partial charge in [0.25, 0.3) is 5.91 Å².